The molecule has 0 aromatic carbocycles. The lowest BCUT2D eigenvalue weighted by Gasteiger charge is -2.06. The summed E-state index contributed by atoms with van der Waals surface area (Å²) in [7, 11) is 0. The van der Waals surface area contributed by atoms with Gasteiger partial charge in [0.1, 0.15) is 0 Å². The zero-order valence-corrected chi connectivity index (χ0v) is 10.4. The van der Waals surface area contributed by atoms with E-state index >= 15 is 0 Å². The van der Waals surface area contributed by atoms with E-state index in [-0.39, 0.29) is 18.4 Å². The van der Waals surface area contributed by atoms with Gasteiger partial charge in [0.05, 0.1) is 3.79 Å². The molecule has 0 spiro atoms. The summed E-state index contributed by atoms with van der Waals surface area (Å²) < 4.78 is 1.14. The van der Waals surface area contributed by atoms with E-state index in [1.165, 1.54) is 4.88 Å². The summed E-state index contributed by atoms with van der Waals surface area (Å²) in [5, 5.41) is 0. The molecule has 0 aliphatic heterocycles. The Bertz CT molecular complexity index is 262. The fourth-order valence-corrected chi connectivity index (χ4v) is 2.43. The fraction of sp³-hybridized carbons (Fsp3) is 0.333. The Kier molecular flexibility index (Phi) is 6.68. The van der Waals surface area contributed by atoms with Gasteiger partial charge >= 0.3 is 0 Å². The first-order valence-electron chi connectivity index (χ1n) is 3.85. The van der Waals surface area contributed by atoms with E-state index in [0.717, 1.165) is 16.6 Å². The Morgan fingerprint density at radius 1 is 1.62 bits per heavy atom. The third kappa shape index (κ3) is 4.27. The van der Waals surface area contributed by atoms with Gasteiger partial charge in [0.2, 0.25) is 0 Å². The third-order valence-corrected chi connectivity index (χ3v) is 3.40. The van der Waals surface area contributed by atoms with Crippen molar-refractivity contribution in [1.29, 1.82) is 0 Å². The molecule has 0 bridgehead atoms. The van der Waals surface area contributed by atoms with Gasteiger partial charge in [0.25, 0.3) is 0 Å². The van der Waals surface area contributed by atoms with Crippen LogP contribution < -0.4 is 5.73 Å². The molecule has 1 aromatic heterocycles. The molecule has 1 rings (SSSR count). The second-order valence-corrected chi connectivity index (χ2v) is 5.11. The van der Waals surface area contributed by atoms with Gasteiger partial charge in [-0.1, -0.05) is 6.08 Å². The fourth-order valence-electron chi connectivity index (χ4n) is 0.967. The number of thiophene rings is 1. The zero-order chi connectivity index (χ0) is 8.97. The maximum absolute atomic E-state index is 5.94. The lowest BCUT2D eigenvalue weighted by atomic mass is 10.1. The number of halogens is 2. The van der Waals surface area contributed by atoms with Gasteiger partial charge in [0, 0.05) is 10.9 Å². The van der Waals surface area contributed by atoms with E-state index in [4.69, 9.17) is 5.73 Å². The molecular weight excluding hydrogens is 270 g/mol. The first-order chi connectivity index (χ1) is 5.74. The average Bonchev–Trinajstić information content (AvgIpc) is 2.47. The molecule has 1 atom stereocenters. The number of rotatable bonds is 4. The Balaban J connectivity index is 0.00000144. The molecule has 4 heteroatoms. The van der Waals surface area contributed by atoms with Crippen LogP contribution in [0.3, 0.4) is 0 Å². The van der Waals surface area contributed by atoms with Crippen LogP contribution in [-0.4, -0.2) is 0 Å². The van der Waals surface area contributed by atoms with Gasteiger partial charge in [0.15, 0.2) is 0 Å². The molecule has 1 heterocycles. The van der Waals surface area contributed by atoms with Gasteiger partial charge in [-0.15, -0.1) is 30.3 Å². The van der Waals surface area contributed by atoms with Crippen LogP contribution in [0.2, 0.25) is 0 Å². The van der Waals surface area contributed by atoms with E-state index in [1.54, 1.807) is 11.3 Å². The second-order valence-electron chi connectivity index (χ2n) is 2.61. The summed E-state index contributed by atoms with van der Waals surface area (Å²) in [4.78, 5) is 1.24. The van der Waals surface area contributed by atoms with E-state index in [2.05, 4.69) is 28.6 Å². The molecule has 0 aliphatic carbocycles. The highest BCUT2D eigenvalue weighted by atomic mass is 79.9. The van der Waals surface area contributed by atoms with Gasteiger partial charge < -0.3 is 5.73 Å². The maximum Gasteiger partial charge on any atom is 0.0701 e. The maximum atomic E-state index is 5.94. The van der Waals surface area contributed by atoms with Crippen LogP contribution >= 0.6 is 39.7 Å². The van der Waals surface area contributed by atoms with E-state index in [0.29, 0.717) is 0 Å². The van der Waals surface area contributed by atoms with Crippen LogP contribution in [0.15, 0.2) is 28.6 Å². The Labute approximate surface area is 97.6 Å². The predicted molar refractivity (Wildman–Crippen MR) is 65.6 cm³/mol. The smallest absolute Gasteiger partial charge is 0.0701 e. The van der Waals surface area contributed by atoms with Crippen LogP contribution in [-0.2, 0) is 0 Å². The summed E-state index contributed by atoms with van der Waals surface area (Å²) >= 11 is 5.12. The Morgan fingerprint density at radius 3 is 2.77 bits per heavy atom. The highest BCUT2D eigenvalue weighted by Gasteiger charge is 2.06. The SMILES string of the molecule is C=CCC[C@H](N)c1ccc(Br)s1.Cl. The molecule has 1 aromatic rings. The highest BCUT2D eigenvalue weighted by molar-refractivity contribution is 9.11. The minimum absolute atomic E-state index is 0. The minimum Gasteiger partial charge on any atom is -0.323 e. The summed E-state index contributed by atoms with van der Waals surface area (Å²) in [5.41, 5.74) is 5.94. The van der Waals surface area contributed by atoms with Crippen LogP contribution in [0.4, 0.5) is 0 Å². The monoisotopic (exact) mass is 281 g/mol. The van der Waals surface area contributed by atoms with Crippen molar-refractivity contribution in [3.05, 3.63) is 33.5 Å². The normalized spacial score (nSPS) is 11.8. The molecule has 0 unspecified atom stereocenters. The summed E-state index contributed by atoms with van der Waals surface area (Å²) in [6.45, 7) is 3.67. The number of nitrogens with two attached hydrogens (primary N) is 1. The van der Waals surface area contributed by atoms with Crippen molar-refractivity contribution in [1.82, 2.24) is 0 Å². The molecule has 0 saturated heterocycles. The number of allylic oxidation sites excluding steroid dienone is 1. The highest BCUT2D eigenvalue weighted by Crippen LogP contribution is 2.28. The standard InChI is InChI=1S/C9H12BrNS.ClH/c1-2-3-4-7(11)8-5-6-9(10)12-8;/h2,5-7H,1,3-4,11H2;1H/t7-;/m0./s1. The van der Waals surface area contributed by atoms with Crippen LogP contribution in [0.5, 0.6) is 0 Å². The van der Waals surface area contributed by atoms with Crippen LogP contribution in [0, 0.1) is 0 Å². The molecule has 1 nitrogen and oxygen atoms in total. The molecular formula is C9H13BrClNS. The second kappa shape index (κ2) is 6.60. The third-order valence-electron chi connectivity index (χ3n) is 1.64. The van der Waals surface area contributed by atoms with E-state index < -0.39 is 0 Å². The van der Waals surface area contributed by atoms with Gasteiger partial charge in [-0.05, 0) is 40.9 Å². The summed E-state index contributed by atoms with van der Waals surface area (Å²) in [5.74, 6) is 0. The molecule has 0 fully saturated rings. The summed E-state index contributed by atoms with van der Waals surface area (Å²) in [6.07, 6.45) is 3.87. The first kappa shape index (κ1) is 13.2. The number of hydrogen-bond acceptors (Lipinski definition) is 2. The van der Waals surface area contributed by atoms with E-state index in [1.807, 2.05) is 12.1 Å². The van der Waals surface area contributed by atoms with Crippen molar-refractivity contribution in [2.24, 2.45) is 5.73 Å². The molecule has 13 heavy (non-hydrogen) atoms. The molecule has 2 N–H and O–H groups in total. The minimum atomic E-state index is 0. The molecule has 0 saturated carbocycles. The lowest BCUT2D eigenvalue weighted by Crippen LogP contribution is -2.07. The van der Waals surface area contributed by atoms with Gasteiger partial charge in [-0.2, -0.15) is 0 Å². The van der Waals surface area contributed by atoms with Crippen molar-refractivity contribution in [3.63, 3.8) is 0 Å². The molecule has 74 valence electrons. The van der Waals surface area contributed by atoms with Crippen LogP contribution in [0.25, 0.3) is 0 Å². The van der Waals surface area contributed by atoms with Crippen molar-refractivity contribution in [2.75, 3.05) is 0 Å². The number of hydrogen-bond donors (Lipinski definition) is 1. The Hall–Kier alpha value is 0.170. The quantitative estimate of drug-likeness (QED) is 0.833. The topological polar surface area (TPSA) is 26.0 Å². The van der Waals surface area contributed by atoms with Crippen molar-refractivity contribution >= 4 is 39.7 Å². The Morgan fingerprint density at radius 2 is 2.31 bits per heavy atom. The molecule has 0 radical (unpaired) electrons. The van der Waals surface area contributed by atoms with Gasteiger partial charge in [-0.25, -0.2) is 0 Å². The average molecular weight is 283 g/mol. The zero-order valence-electron chi connectivity index (χ0n) is 7.20. The molecule has 0 aliphatic rings. The van der Waals surface area contributed by atoms with Crippen molar-refractivity contribution in [3.8, 4) is 0 Å². The largest absolute Gasteiger partial charge is 0.323 e. The predicted octanol–water partition coefficient (Wildman–Crippen LogP) is 3.90. The van der Waals surface area contributed by atoms with Crippen molar-refractivity contribution in [2.45, 2.75) is 18.9 Å². The lowest BCUT2D eigenvalue weighted by molar-refractivity contribution is 0.673. The van der Waals surface area contributed by atoms with Gasteiger partial charge in [-0.3, -0.25) is 0 Å². The van der Waals surface area contributed by atoms with E-state index in [9.17, 15) is 0 Å². The summed E-state index contributed by atoms with van der Waals surface area (Å²) in [6, 6.07) is 4.27. The van der Waals surface area contributed by atoms with Crippen molar-refractivity contribution < 1.29 is 0 Å². The molecule has 0 amide bonds. The first-order valence-corrected chi connectivity index (χ1v) is 5.46. The van der Waals surface area contributed by atoms with Crippen LogP contribution in [0.1, 0.15) is 23.8 Å².